The molecule has 5 N–H and O–H groups in total. The Morgan fingerprint density at radius 1 is 1.36 bits per heavy atom. The van der Waals surface area contributed by atoms with E-state index in [1.165, 1.54) is 12.1 Å². The Balaban J connectivity index is 3.51. The largest absolute Gasteiger partial charge is 0.397 e. The molecule has 0 bridgehead atoms. The summed E-state index contributed by atoms with van der Waals surface area (Å²) in [5.74, 6) is -0.854. The SMILES string of the molecule is NC(=O)c1cccc(S(=O)(=O)O)c1N. The van der Waals surface area contributed by atoms with Gasteiger partial charge in [0, 0.05) is 0 Å². The van der Waals surface area contributed by atoms with Crippen LogP contribution in [0.15, 0.2) is 23.1 Å². The Morgan fingerprint density at radius 3 is 2.36 bits per heavy atom. The summed E-state index contributed by atoms with van der Waals surface area (Å²) in [6.07, 6.45) is 0. The number of hydrogen-bond acceptors (Lipinski definition) is 4. The first-order valence-corrected chi connectivity index (χ1v) is 4.94. The summed E-state index contributed by atoms with van der Waals surface area (Å²) in [4.78, 5) is 10.2. The van der Waals surface area contributed by atoms with Crippen LogP contribution in [-0.2, 0) is 10.1 Å². The Hall–Kier alpha value is -1.60. The van der Waals surface area contributed by atoms with Crippen LogP contribution in [0.3, 0.4) is 0 Å². The Morgan fingerprint density at radius 2 is 1.93 bits per heavy atom. The number of carbonyl (C=O) groups is 1. The van der Waals surface area contributed by atoms with Crippen LogP contribution in [0.2, 0.25) is 0 Å². The normalized spacial score (nSPS) is 11.2. The smallest absolute Gasteiger partial charge is 0.296 e. The lowest BCUT2D eigenvalue weighted by atomic mass is 10.2. The number of para-hydroxylation sites is 1. The molecule has 0 aliphatic heterocycles. The molecule has 1 rings (SSSR count). The molecule has 0 aromatic heterocycles. The zero-order valence-electron chi connectivity index (χ0n) is 6.97. The zero-order chi connectivity index (χ0) is 10.9. The van der Waals surface area contributed by atoms with Gasteiger partial charge in [-0.1, -0.05) is 6.07 Å². The quantitative estimate of drug-likeness (QED) is 0.459. The number of carbonyl (C=O) groups excluding carboxylic acids is 1. The second-order valence-corrected chi connectivity index (χ2v) is 3.95. The van der Waals surface area contributed by atoms with E-state index in [9.17, 15) is 13.2 Å². The van der Waals surface area contributed by atoms with Crippen molar-refractivity contribution in [1.82, 2.24) is 0 Å². The van der Waals surface area contributed by atoms with Crippen molar-refractivity contribution in [2.24, 2.45) is 5.73 Å². The number of nitrogen functional groups attached to an aromatic ring is 1. The van der Waals surface area contributed by atoms with Gasteiger partial charge in [-0.15, -0.1) is 0 Å². The molecule has 0 saturated heterocycles. The average molecular weight is 216 g/mol. The van der Waals surface area contributed by atoms with Crippen LogP contribution in [0, 0.1) is 0 Å². The topological polar surface area (TPSA) is 123 Å². The molecule has 76 valence electrons. The van der Waals surface area contributed by atoms with Crippen molar-refractivity contribution in [2.45, 2.75) is 4.90 Å². The molecule has 0 atom stereocenters. The van der Waals surface area contributed by atoms with Crippen LogP contribution in [-0.4, -0.2) is 18.9 Å². The van der Waals surface area contributed by atoms with Crippen molar-refractivity contribution < 1.29 is 17.8 Å². The molecule has 1 aromatic carbocycles. The molecule has 0 fully saturated rings. The number of benzene rings is 1. The fraction of sp³-hybridized carbons (Fsp3) is 0. The first-order valence-electron chi connectivity index (χ1n) is 3.50. The second kappa shape index (κ2) is 3.28. The minimum Gasteiger partial charge on any atom is -0.397 e. The summed E-state index contributed by atoms with van der Waals surface area (Å²) >= 11 is 0. The summed E-state index contributed by atoms with van der Waals surface area (Å²) < 4.78 is 30.2. The number of rotatable bonds is 2. The van der Waals surface area contributed by atoms with Gasteiger partial charge in [-0.05, 0) is 12.1 Å². The van der Waals surface area contributed by atoms with Crippen LogP contribution < -0.4 is 11.5 Å². The third-order valence-corrected chi connectivity index (χ3v) is 2.52. The fourth-order valence-corrected chi connectivity index (χ4v) is 1.62. The highest BCUT2D eigenvalue weighted by Crippen LogP contribution is 2.21. The van der Waals surface area contributed by atoms with E-state index in [-0.39, 0.29) is 11.3 Å². The van der Waals surface area contributed by atoms with Gasteiger partial charge in [0.2, 0.25) is 0 Å². The summed E-state index contributed by atoms with van der Waals surface area (Å²) in [5, 5.41) is 0. The minimum absolute atomic E-state index is 0.139. The van der Waals surface area contributed by atoms with Crippen LogP contribution in [0.5, 0.6) is 0 Å². The van der Waals surface area contributed by atoms with Crippen molar-refractivity contribution in [3.8, 4) is 0 Å². The summed E-state index contributed by atoms with van der Waals surface area (Å²) in [6, 6.07) is 3.61. The molecule has 0 aliphatic carbocycles. The molecule has 1 amide bonds. The zero-order valence-corrected chi connectivity index (χ0v) is 7.78. The molecule has 1 aromatic rings. The van der Waals surface area contributed by atoms with E-state index >= 15 is 0 Å². The number of nitrogens with two attached hydrogens (primary N) is 2. The van der Waals surface area contributed by atoms with E-state index in [2.05, 4.69) is 0 Å². The Labute approximate surface area is 80.3 Å². The Kier molecular flexibility index (Phi) is 2.45. The molecular weight excluding hydrogens is 208 g/mol. The molecule has 0 unspecified atom stereocenters. The molecule has 0 aliphatic rings. The average Bonchev–Trinajstić information content (AvgIpc) is 2.01. The standard InChI is InChI=1S/C7H8N2O4S/c8-6-4(7(9)10)2-1-3-5(6)14(11,12)13/h1-3H,8H2,(H2,9,10)(H,11,12,13). The van der Waals surface area contributed by atoms with Gasteiger partial charge >= 0.3 is 0 Å². The van der Waals surface area contributed by atoms with E-state index in [4.69, 9.17) is 16.0 Å². The maximum absolute atomic E-state index is 10.8. The molecular formula is C7H8N2O4S. The highest BCUT2D eigenvalue weighted by atomic mass is 32.2. The lowest BCUT2D eigenvalue weighted by molar-refractivity contribution is 0.100. The maximum atomic E-state index is 10.8. The summed E-state index contributed by atoms with van der Waals surface area (Å²) in [6.45, 7) is 0. The van der Waals surface area contributed by atoms with Crippen molar-refractivity contribution in [3.63, 3.8) is 0 Å². The molecule has 0 heterocycles. The predicted octanol–water partition coefficient (Wildman–Crippen LogP) is -0.386. The highest BCUT2D eigenvalue weighted by Gasteiger charge is 2.17. The van der Waals surface area contributed by atoms with E-state index in [0.717, 1.165) is 6.07 Å². The van der Waals surface area contributed by atoms with Gasteiger partial charge in [0.1, 0.15) is 4.90 Å². The van der Waals surface area contributed by atoms with Crippen LogP contribution >= 0.6 is 0 Å². The molecule has 14 heavy (non-hydrogen) atoms. The Bertz CT molecular complexity index is 480. The molecule has 6 nitrogen and oxygen atoms in total. The lowest BCUT2D eigenvalue weighted by Gasteiger charge is -2.05. The van der Waals surface area contributed by atoms with Gasteiger partial charge in [0.15, 0.2) is 0 Å². The first-order chi connectivity index (χ1) is 6.34. The molecule has 0 saturated carbocycles. The number of primary amides is 1. The highest BCUT2D eigenvalue weighted by molar-refractivity contribution is 7.86. The number of hydrogen-bond donors (Lipinski definition) is 3. The van der Waals surface area contributed by atoms with Crippen LogP contribution in [0.4, 0.5) is 5.69 Å². The van der Waals surface area contributed by atoms with Gasteiger partial charge in [0.05, 0.1) is 11.3 Å². The van der Waals surface area contributed by atoms with Crippen molar-refractivity contribution in [3.05, 3.63) is 23.8 Å². The van der Waals surface area contributed by atoms with Crippen molar-refractivity contribution in [1.29, 1.82) is 0 Å². The second-order valence-electron chi connectivity index (χ2n) is 2.56. The van der Waals surface area contributed by atoms with Gasteiger partial charge in [-0.25, -0.2) is 0 Å². The minimum atomic E-state index is -4.42. The molecule has 0 radical (unpaired) electrons. The van der Waals surface area contributed by atoms with Crippen LogP contribution in [0.1, 0.15) is 10.4 Å². The van der Waals surface area contributed by atoms with Crippen LogP contribution in [0.25, 0.3) is 0 Å². The fourth-order valence-electron chi connectivity index (χ4n) is 0.984. The predicted molar refractivity (Wildman–Crippen MR) is 49.2 cm³/mol. The van der Waals surface area contributed by atoms with E-state index in [1.54, 1.807) is 0 Å². The lowest BCUT2D eigenvalue weighted by Crippen LogP contribution is -2.15. The third kappa shape index (κ3) is 1.83. The van der Waals surface area contributed by atoms with Gasteiger partial charge in [-0.2, -0.15) is 8.42 Å². The van der Waals surface area contributed by atoms with Crippen molar-refractivity contribution in [2.75, 3.05) is 5.73 Å². The maximum Gasteiger partial charge on any atom is 0.296 e. The molecule has 7 heteroatoms. The number of anilines is 1. The van der Waals surface area contributed by atoms with E-state index < -0.39 is 20.9 Å². The first kappa shape index (κ1) is 10.5. The van der Waals surface area contributed by atoms with Gasteiger partial charge < -0.3 is 11.5 Å². The monoisotopic (exact) mass is 216 g/mol. The molecule has 0 spiro atoms. The van der Waals surface area contributed by atoms with E-state index in [1.807, 2.05) is 0 Å². The number of amides is 1. The van der Waals surface area contributed by atoms with Crippen molar-refractivity contribution >= 4 is 21.7 Å². The van der Waals surface area contributed by atoms with E-state index in [0.29, 0.717) is 0 Å². The van der Waals surface area contributed by atoms with Gasteiger partial charge in [0.25, 0.3) is 16.0 Å². The summed E-state index contributed by atoms with van der Waals surface area (Å²) in [5.41, 5.74) is 9.78. The third-order valence-electron chi connectivity index (χ3n) is 1.61. The summed E-state index contributed by atoms with van der Waals surface area (Å²) in [7, 11) is -4.42. The van der Waals surface area contributed by atoms with Gasteiger partial charge in [-0.3, -0.25) is 9.35 Å².